The number of rotatable bonds is 2. The van der Waals surface area contributed by atoms with E-state index >= 15 is 0 Å². The molecular formula is C16H15Cl2N3O2S. The van der Waals surface area contributed by atoms with E-state index in [1.807, 2.05) is 24.3 Å². The van der Waals surface area contributed by atoms with Crippen molar-refractivity contribution in [2.24, 2.45) is 0 Å². The topological polar surface area (TPSA) is 55.2 Å². The quantitative estimate of drug-likeness (QED) is 0.796. The number of para-hydroxylation sites is 1. The number of carbonyl (C=O) groups excluding carboxylic acids is 1. The maximum absolute atomic E-state index is 12.8. The molecule has 1 atom stereocenters. The zero-order valence-electron chi connectivity index (χ0n) is 12.9. The normalized spacial score (nSPS) is 17.3. The molecule has 0 aliphatic carbocycles. The third-order valence-corrected chi connectivity index (χ3v) is 5.76. The van der Waals surface area contributed by atoms with Crippen molar-refractivity contribution in [1.29, 1.82) is 0 Å². The standard InChI is InChI=1S/C16H15Cl2N3O2S/c1-10-6-7-20(12-4-2-3-5-13(12)24-10)14(22)9-21-16(23)15(18)11(17)8-19-21/h2-5,8,10H,6-7,9H2,1H3. The maximum Gasteiger partial charge on any atom is 0.287 e. The average molecular weight is 384 g/mol. The molecule has 1 aliphatic rings. The summed E-state index contributed by atoms with van der Waals surface area (Å²) in [6.45, 7) is 2.56. The summed E-state index contributed by atoms with van der Waals surface area (Å²) in [6, 6.07) is 7.78. The zero-order chi connectivity index (χ0) is 17.3. The average Bonchev–Trinajstić information content (AvgIpc) is 2.73. The van der Waals surface area contributed by atoms with Crippen LogP contribution in [0.5, 0.6) is 0 Å². The second-order valence-electron chi connectivity index (χ2n) is 5.50. The van der Waals surface area contributed by atoms with E-state index in [-0.39, 0.29) is 22.5 Å². The summed E-state index contributed by atoms with van der Waals surface area (Å²) in [5, 5.41) is 4.27. The molecule has 1 aliphatic heterocycles. The predicted octanol–water partition coefficient (Wildman–Crippen LogP) is 3.47. The highest BCUT2D eigenvalue weighted by Crippen LogP contribution is 2.37. The van der Waals surface area contributed by atoms with E-state index in [0.29, 0.717) is 11.8 Å². The lowest BCUT2D eigenvalue weighted by atomic mass is 10.2. The minimum absolute atomic E-state index is 0.0794. The molecule has 0 bridgehead atoms. The molecule has 0 N–H and O–H groups in total. The lowest BCUT2D eigenvalue weighted by Gasteiger charge is -2.22. The molecule has 0 saturated heterocycles. The molecule has 3 rings (SSSR count). The Hall–Kier alpha value is -1.50. The fraction of sp³-hybridized carbons (Fsp3) is 0.312. The van der Waals surface area contributed by atoms with Crippen molar-refractivity contribution < 1.29 is 4.79 Å². The SMILES string of the molecule is CC1CCN(C(=O)Cn2ncc(Cl)c(Cl)c2=O)c2ccccc2S1. The molecule has 1 amide bonds. The van der Waals surface area contributed by atoms with Gasteiger partial charge in [-0.3, -0.25) is 9.59 Å². The number of aromatic nitrogens is 2. The number of fused-ring (bicyclic) bond motifs is 1. The monoisotopic (exact) mass is 383 g/mol. The molecule has 1 aromatic carbocycles. The van der Waals surface area contributed by atoms with E-state index in [0.717, 1.165) is 21.7 Å². The van der Waals surface area contributed by atoms with Crippen LogP contribution in [0.3, 0.4) is 0 Å². The van der Waals surface area contributed by atoms with E-state index in [9.17, 15) is 9.59 Å². The van der Waals surface area contributed by atoms with Crippen LogP contribution in [-0.4, -0.2) is 27.5 Å². The third-order valence-electron chi connectivity index (χ3n) is 3.77. The summed E-state index contributed by atoms with van der Waals surface area (Å²) in [4.78, 5) is 27.6. The Morgan fingerprint density at radius 3 is 2.92 bits per heavy atom. The first kappa shape index (κ1) is 17.3. The van der Waals surface area contributed by atoms with Crippen LogP contribution in [0.4, 0.5) is 5.69 Å². The molecule has 8 heteroatoms. The number of hydrogen-bond acceptors (Lipinski definition) is 4. The van der Waals surface area contributed by atoms with Gasteiger partial charge in [0.05, 0.1) is 16.9 Å². The van der Waals surface area contributed by atoms with E-state index < -0.39 is 5.56 Å². The van der Waals surface area contributed by atoms with Crippen LogP contribution in [0.2, 0.25) is 10.0 Å². The highest BCUT2D eigenvalue weighted by Gasteiger charge is 2.25. The summed E-state index contributed by atoms with van der Waals surface area (Å²) in [7, 11) is 0. The van der Waals surface area contributed by atoms with Gasteiger partial charge in [-0.2, -0.15) is 5.10 Å². The van der Waals surface area contributed by atoms with Gasteiger partial charge in [0.2, 0.25) is 5.91 Å². The Morgan fingerprint density at radius 2 is 2.12 bits per heavy atom. The first-order valence-electron chi connectivity index (χ1n) is 7.44. The van der Waals surface area contributed by atoms with Gasteiger partial charge >= 0.3 is 0 Å². The van der Waals surface area contributed by atoms with Crippen LogP contribution >= 0.6 is 35.0 Å². The van der Waals surface area contributed by atoms with Gasteiger partial charge < -0.3 is 4.90 Å². The number of nitrogens with zero attached hydrogens (tertiary/aromatic N) is 3. The number of anilines is 1. The second-order valence-corrected chi connectivity index (χ2v) is 7.76. The Bertz CT molecular complexity index is 840. The van der Waals surface area contributed by atoms with Crippen LogP contribution < -0.4 is 10.5 Å². The van der Waals surface area contributed by atoms with E-state index in [1.165, 1.54) is 6.20 Å². The summed E-state index contributed by atoms with van der Waals surface area (Å²) in [5.74, 6) is -0.204. The predicted molar refractivity (Wildman–Crippen MR) is 97.2 cm³/mol. The smallest absolute Gasteiger partial charge is 0.287 e. The number of hydrogen-bond donors (Lipinski definition) is 0. The third kappa shape index (κ3) is 3.45. The molecule has 1 unspecified atom stereocenters. The van der Waals surface area contributed by atoms with Gasteiger partial charge in [-0.15, -0.1) is 11.8 Å². The molecule has 0 radical (unpaired) electrons. The molecular weight excluding hydrogens is 369 g/mol. The number of thioether (sulfide) groups is 1. The van der Waals surface area contributed by atoms with Gasteiger partial charge in [0.25, 0.3) is 5.56 Å². The van der Waals surface area contributed by atoms with E-state index in [2.05, 4.69) is 12.0 Å². The number of carbonyl (C=O) groups is 1. The Kier molecular flexibility index (Phi) is 5.18. The van der Waals surface area contributed by atoms with Gasteiger partial charge in [-0.1, -0.05) is 42.3 Å². The highest BCUT2D eigenvalue weighted by molar-refractivity contribution is 8.00. The van der Waals surface area contributed by atoms with Crippen LogP contribution in [0.25, 0.3) is 0 Å². The van der Waals surface area contributed by atoms with Crippen molar-refractivity contribution in [3.63, 3.8) is 0 Å². The van der Waals surface area contributed by atoms with Gasteiger partial charge in [-0.05, 0) is 18.6 Å². The fourth-order valence-electron chi connectivity index (χ4n) is 2.52. The molecule has 24 heavy (non-hydrogen) atoms. The number of benzene rings is 1. The van der Waals surface area contributed by atoms with Gasteiger partial charge in [0, 0.05) is 16.7 Å². The van der Waals surface area contributed by atoms with Crippen molar-refractivity contribution >= 4 is 46.6 Å². The van der Waals surface area contributed by atoms with Gasteiger partial charge in [0.1, 0.15) is 11.6 Å². The lowest BCUT2D eigenvalue weighted by Crippen LogP contribution is -2.38. The van der Waals surface area contributed by atoms with Crippen LogP contribution in [-0.2, 0) is 11.3 Å². The first-order valence-corrected chi connectivity index (χ1v) is 9.08. The van der Waals surface area contributed by atoms with E-state index in [1.54, 1.807) is 16.7 Å². The summed E-state index contributed by atoms with van der Waals surface area (Å²) < 4.78 is 1.04. The summed E-state index contributed by atoms with van der Waals surface area (Å²) >= 11 is 13.4. The highest BCUT2D eigenvalue weighted by atomic mass is 35.5. The van der Waals surface area contributed by atoms with Crippen molar-refractivity contribution in [2.75, 3.05) is 11.4 Å². The molecule has 5 nitrogen and oxygen atoms in total. The molecule has 2 aromatic rings. The minimum Gasteiger partial charge on any atom is -0.310 e. The fourth-order valence-corrected chi connectivity index (χ4v) is 3.90. The van der Waals surface area contributed by atoms with Gasteiger partial charge in [-0.25, -0.2) is 4.68 Å². The second kappa shape index (κ2) is 7.17. The Labute approximate surface area is 153 Å². The Morgan fingerprint density at radius 1 is 1.38 bits per heavy atom. The van der Waals surface area contributed by atoms with Gasteiger partial charge in [0.15, 0.2) is 0 Å². The van der Waals surface area contributed by atoms with E-state index in [4.69, 9.17) is 23.2 Å². The van der Waals surface area contributed by atoms with Crippen molar-refractivity contribution in [2.45, 2.75) is 30.0 Å². The molecule has 2 heterocycles. The number of halogens is 2. The number of amides is 1. The first-order chi connectivity index (χ1) is 11.5. The summed E-state index contributed by atoms with van der Waals surface area (Å²) in [6.07, 6.45) is 2.14. The largest absolute Gasteiger partial charge is 0.310 e. The minimum atomic E-state index is -0.566. The zero-order valence-corrected chi connectivity index (χ0v) is 15.2. The lowest BCUT2D eigenvalue weighted by molar-refractivity contribution is -0.119. The van der Waals surface area contributed by atoms with Crippen molar-refractivity contribution in [3.05, 3.63) is 50.9 Å². The molecule has 0 spiro atoms. The summed E-state index contributed by atoms with van der Waals surface area (Å²) in [5.41, 5.74) is 0.299. The molecule has 126 valence electrons. The van der Waals surface area contributed by atoms with Crippen molar-refractivity contribution in [3.8, 4) is 0 Å². The van der Waals surface area contributed by atoms with Crippen molar-refractivity contribution in [1.82, 2.24) is 9.78 Å². The van der Waals surface area contributed by atoms with Crippen LogP contribution in [0, 0.1) is 0 Å². The maximum atomic E-state index is 12.8. The van der Waals surface area contributed by atoms with Crippen LogP contribution in [0.1, 0.15) is 13.3 Å². The Balaban J connectivity index is 1.90. The molecule has 1 aromatic heterocycles. The molecule has 0 fully saturated rings. The molecule has 0 saturated carbocycles. The van der Waals surface area contributed by atoms with Crippen LogP contribution in [0.15, 0.2) is 40.2 Å².